The Labute approximate surface area is 249 Å². The van der Waals surface area contributed by atoms with Gasteiger partial charge in [-0.2, -0.15) is 13.2 Å². The minimum atomic E-state index is -5.09. The SMILES string of the molecule is CC1CN(c2ncc(-c3c(F)cc(N4C[C@@H](C)N(C)[C@@H](C)C4)c(-n4cc(C(N)=O)c(C(F)(F)F)cc4=O)c3F)cn2)CCO1. The number of benzene rings is 1. The van der Waals surface area contributed by atoms with Crippen molar-refractivity contribution in [2.24, 2.45) is 5.73 Å². The van der Waals surface area contributed by atoms with E-state index in [9.17, 15) is 22.8 Å². The Kier molecular flexibility index (Phi) is 8.37. The van der Waals surface area contributed by atoms with Crippen molar-refractivity contribution in [2.45, 2.75) is 45.1 Å². The Morgan fingerprint density at radius 2 is 1.66 bits per heavy atom. The highest BCUT2D eigenvalue weighted by Gasteiger charge is 2.37. The fraction of sp³-hybridized carbons (Fsp3) is 0.448. The van der Waals surface area contributed by atoms with Gasteiger partial charge in [-0.15, -0.1) is 0 Å². The molecule has 2 aromatic heterocycles. The molecule has 236 valence electrons. The first-order valence-corrected chi connectivity index (χ1v) is 14.0. The molecule has 0 bridgehead atoms. The van der Waals surface area contributed by atoms with Crippen LogP contribution in [0.5, 0.6) is 0 Å². The van der Waals surface area contributed by atoms with Crippen LogP contribution in [0.15, 0.2) is 35.5 Å². The van der Waals surface area contributed by atoms with Crippen LogP contribution in [-0.2, 0) is 10.9 Å². The molecule has 2 saturated heterocycles. The standard InChI is InChI=1S/C29H32F5N7O3/c1-15-11-40(12-16(2)38(15)4)22-8-21(30)24(18-9-36-28(37-10-18)39-5-6-44-17(3)13-39)25(31)26(22)41-14-19(27(35)43)20(7-23(41)42)29(32,33)34/h7-10,14-17H,5-6,11-13H2,1-4H3,(H2,35,43)/t15-,16+,17?. The summed E-state index contributed by atoms with van der Waals surface area (Å²) in [5, 5.41) is 0. The number of carbonyl (C=O) groups excluding carboxylic acids is 1. The van der Waals surface area contributed by atoms with Gasteiger partial charge in [-0.3, -0.25) is 19.1 Å². The zero-order valence-electron chi connectivity index (χ0n) is 24.5. The average Bonchev–Trinajstić information content (AvgIpc) is 2.95. The van der Waals surface area contributed by atoms with Crippen LogP contribution < -0.4 is 21.1 Å². The number of piperazine rings is 1. The Balaban J connectivity index is 1.71. The second-order valence-corrected chi connectivity index (χ2v) is 11.3. The smallest absolute Gasteiger partial charge is 0.375 e. The summed E-state index contributed by atoms with van der Waals surface area (Å²) in [5.41, 5.74) is 0.112. The van der Waals surface area contributed by atoms with Gasteiger partial charge in [0.2, 0.25) is 5.95 Å². The van der Waals surface area contributed by atoms with E-state index in [4.69, 9.17) is 10.5 Å². The molecule has 0 radical (unpaired) electrons. The Morgan fingerprint density at radius 1 is 1.02 bits per heavy atom. The molecule has 4 heterocycles. The lowest BCUT2D eigenvalue weighted by Gasteiger charge is -2.44. The molecule has 3 atom stereocenters. The average molecular weight is 622 g/mol. The molecular formula is C29H32F5N7O3. The number of ether oxygens (including phenoxy) is 1. The number of nitrogens with two attached hydrogens (primary N) is 1. The summed E-state index contributed by atoms with van der Waals surface area (Å²) >= 11 is 0. The lowest BCUT2D eigenvalue weighted by atomic mass is 10.0. The van der Waals surface area contributed by atoms with E-state index in [0.717, 1.165) is 6.07 Å². The number of hydrogen-bond donors (Lipinski definition) is 1. The maximum atomic E-state index is 16.7. The second kappa shape index (κ2) is 11.8. The maximum absolute atomic E-state index is 16.7. The largest absolute Gasteiger partial charge is 0.417 e. The van der Waals surface area contributed by atoms with Crippen molar-refractivity contribution in [1.82, 2.24) is 19.4 Å². The lowest BCUT2D eigenvalue weighted by molar-refractivity contribution is -0.138. The van der Waals surface area contributed by atoms with Gasteiger partial charge in [0.05, 0.1) is 35.1 Å². The molecule has 5 rings (SSSR count). The molecule has 1 amide bonds. The van der Waals surface area contributed by atoms with Gasteiger partial charge in [-0.25, -0.2) is 18.7 Å². The number of aromatic nitrogens is 3. The van der Waals surface area contributed by atoms with E-state index >= 15 is 8.78 Å². The number of morpholine rings is 1. The molecule has 2 N–H and O–H groups in total. The first-order valence-electron chi connectivity index (χ1n) is 14.0. The van der Waals surface area contributed by atoms with Crippen LogP contribution in [0.1, 0.15) is 36.7 Å². The van der Waals surface area contributed by atoms with Gasteiger partial charge in [0.15, 0.2) is 5.82 Å². The monoisotopic (exact) mass is 621 g/mol. The zero-order valence-corrected chi connectivity index (χ0v) is 24.5. The highest BCUT2D eigenvalue weighted by Crippen LogP contribution is 2.38. The molecule has 2 aliphatic rings. The number of nitrogens with zero attached hydrogens (tertiary/aromatic N) is 6. The van der Waals surface area contributed by atoms with Crippen molar-refractivity contribution in [1.29, 1.82) is 0 Å². The molecule has 1 aromatic carbocycles. The van der Waals surface area contributed by atoms with E-state index in [1.807, 2.05) is 32.7 Å². The van der Waals surface area contributed by atoms with Crippen molar-refractivity contribution in [3.05, 3.63) is 63.8 Å². The summed E-state index contributed by atoms with van der Waals surface area (Å²) in [7, 11) is 1.90. The molecule has 0 spiro atoms. The maximum Gasteiger partial charge on any atom is 0.417 e. The molecule has 1 unspecified atom stereocenters. The number of amides is 1. The third kappa shape index (κ3) is 5.85. The van der Waals surface area contributed by atoms with E-state index < -0.39 is 51.7 Å². The molecule has 0 saturated carbocycles. The van der Waals surface area contributed by atoms with Crippen LogP contribution in [0.3, 0.4) is 0 Å². The minimum Gasteiger partial charge on any atom is -0.375 e. The first-order chi connectivity index (χ1) is 20.7. The predicted octanol–water partition coefficient (Wildman–Crippen LogP) is 3.44. The first kappa shape index (κ1) is 31.3. The molecule has 2 aliphatic heterocycles. The van der Waals surface area contributed by atoms with Gasteiger partial charge in [-0.05, 0) is 27.8 Å². The number of rotatable bonds is 5. The molecule has 3 aromatic rings. The van der Waals surface area contributed by atoms with E-state index in [1.165, 1.54) is 12.4 Å². The van der Waals surface area contributed by atoms with E-state index in [-0.39, 0.29) is 35.5 Å². The van der Waals surface area contributed by atoms with Crippen molar-refractivity contribution >= 4 is 17.5 Å². The van der Waals surface area contributed by atoms with Crippen LogP contribution in [0, 0.1) is 11.6 Å². The van der Waals surface area contributed by atoms with E-state index in [0.29, 0.717) is 49.5 Å². The Bertz CT molecular complexity index is 1620. The molecular weight excluding hydrogens is 589 g/mol. The third-order valence-corrected chi connectivity index (χ3v) is 8.19. The highest BCUT2D eigenvalue weighted by atomic mass is 19.4. The minimum absolute atomic E-state index is 0.0620. The van der Waals surface area contributed by atoms with Gasteiger partial charge < -0.3 is 20.3 Å². The fourth-order valence-corrected chi connectivity index (χ4v) is 5.68. The highest BCUT2D eigenvalue weighted by molar-refractivity contribution is 5.94. The molecule has 2 fully saturated rings. The number of primary amides is 1. The number of pyridine rings is 1. The van der Waals surface area contributed by atoms with Crippen LogP contribution in [0.25, 0.3) is 16.8 Å². The van der Waals surface area contributed by atoms with Gasteiger partial charge in [0.25, 0.3) is 11.5 Å². The van der Waals surface area contributed by atoms with E-state index in [2.05, 4.69) is 14.9 Å². The second-order valence-electron chi connectivity index (χ2n) is 11.3. The summed E-state index contributed by atoms with van der Waals surface area (Å²) in [6.45, 7) is 7.79. The lowest BCUT2D eigenvalue weighted by Crippen LogP contribution is -2.55. The zero-order chi connectivity index (χ0) is 32.1. The molecule has 15 heteroatoms. The van der Waals surface area contributed by atoms with Crippen molar-refractivity contribution in [2.75, 3.05) is 49.6 Å². The van der Waals surface area contributed by atoms with Gasteiger partial charge >= 0.3 is 6.18 Å². The normalized spacial score (nSPS) is 21.5. The number of halogens is 5. The van der Waals surface area contributed by atoms with Gasteiger partial charge in [0, 0.05) is 74.5 Å². The molecule has 10 nitrogen and oxygen atoms in total. The van der Waals surface area contributed by atoms with Crippen molar-refractivity contribution < 1.29 is 31.5 Å². The van der Waals surface area contributed by atoms with Crippen LogP contribution >= 0.6 is 0 Å². The van der Waals surface area contributed by atoms with Crippen molar-refractivity contribution in [3.8, 4) is 16.8 Å². The molecule has 44 heavy (non-hydrogen) atoms. The topological polar surface area (TPSA) is 110 Å². The van der Waals surface area contributed by atoms with E-state index in [1.54, 1.807) is 4.90 Å². The van der Waals surface area contributed by atoms with Crippen LogP contribution in [0.2, 0.25) is 0 Å². The summed E-state index contributed by atoms with van der Waals surface area (Å²) < 4.78 is 79.8. The summed E-state index contributed by atoms with van der Waals surface area (Å²) in [6.07, 6.45) is -2.13. The quantitative estimate of drug-likeness (QED) is 0.432. The van der Waals surface area contributed by atoms with Crippen LogP contribution in [-0.4, -0.2) is 83.4 Å². The van der Waals surface area contributed by atoms with Crippen LogP contribution in [0.4, 0.5) is 33.6 Å². The predicted molar refractivity (Wildman–Crippen MR) is 153 cm³/mol. The number of alkyl halides is 3. The number of hydrogen-bond acceptors (Lipinski definition) is 8. The fourth-order valence-electron chi connectivity index (χ4n) is 5.68. The molecule has 0 aliphatic carbocycles. The van der Waals surface area contributed by atoms with Gasteiger partial charge in [0.1, 0.15) is 11.5 Å². The number of carbonyl (C=O) groups is 1. The number of likely N-dealkylation sites (N-methyl/N-ethyl adjacent to an activating group) is 1. The number of anilines is 2. The summed E-state index contributed by atoms with van der Waals surface area (Å²) in [4.78, 5) is 39.5. The Morgan fingerprint density at radius 3 is 2.23 bits per heavy atom. The summed E-state index contributed by atoms with van der Waals surface area (Å²) in [6, 6.07) is 1.06. The van der Waals surface area contributed by atoms with Gasteiger partial charge in [-0.1, -0.05) is 0 Å². The van der Waals surface area contributed by atoms with Crippen molar-refractivity contribution in [3.63, 3.8) is 0 Å². The Hall–Kier alpha value is -4.11. The summed E-state index contributed by atoms with van der Waals surface area (Å²) in [5.74, 6) is -3.38. The third-order valence-electron chi connectivity index (χ3n) is 8.19.